The molecule has 18 heavy (non-hydrogen) atoms. The number of carbonyl (C=O) groups excluding carboxylic acids is 1. The Morgan fingerprint density at radius 1 is 1.61 bits per heavy atom. The van der Waals surface area contributed by atoms with Crippen LogP contribution in [-0.2, 0) is 23.0 Å². The monoisotopic (exact) mass is 314 g/mol. The second-order valence-corrected chi connectivity index (χ2v) is 5.65. The zero-order valence-corrected chi connectivity index (χ0v) is 12.5. The molecule has 2 heterocycles. The lowest BCUT2D eigenvalue weighted by Gasteiger charge is -2.08. The highest BCUT2D eigenvalue weighted by Crippen LogP contribution is 2.22. The molecule has 0 N–H and O–H groups in total. The third-order valence-electron chi connectivity index (χ3n) is 3.40. The Kier molecular flexibility index (Phi) is 4.56. The van der Waals surface area contributed by atoms with Crippen LogP contribution in [0, 0.1) is 6.92 Å². The van der Waals surface area contributed by atoms with Crippen LogP contribution in [0.3, 0.4) is 0 Å². The van der Waals surface area contributed by atoms with Gasteiger partial charge in [0.15, 0.2) is 0 Å². The number of rotatable bonds is 5. The summed E-state index contributed by atoms with van der Waals surface area (Å²) in [5, 5.41) is 4.29. The van der Waals surface area contributed by atoms with Gasteiger partial charge in [-0.25, -0.2) is 0 Å². The maximum atomic E-state index is 12.0. The highest BCUT2D eigenvalue weighted by atomic mass is 79.9. The average molecular weight is 315 g/mol. The fourth-order valence-corrected chi connectivity index (χ4v) is 2.82. The molecular formula is C13H19BrN2O2. The van der Waals surface area contributed by atoms with Gasteiger partial charge in [0.05, 0.1) is 22.0 Å². The van der Waals surface area contributed by atoms with Crippen molar-refractivity contribution >= 4 is 21.7 Å². The molecule has 5 heteroatoms. The summed E-state index contributed by atoms with van der Waals surface area (Å²) in [5.41, 5.74) is 1.89. The molecular weight excluding hydrogens is 296 g/mol. The van der Waals surface area contributed by atoms with Crippen molar-refractivity contribution in [3.8, 4) is 0 Å². The van der Waals surface area contributed by atoms with E-state index in [0.29, 0.717) is 18.9 Å². The lowest BCUT2D eigenvalue weighted by molar-refractivity contribution is -0.119. The maximum absolute atomic E-state index is 12.0. The van der Waals surface area contributed by atoms with Crippen LogP contribution >= 0.6 is 15.9 Å². The van der Waals surface area contributed by atoms with Gasteiger partial charge in [0.2, 0.25) is 0 Å². The molecule has 0 saturated carbocycles. The minimum absolute atomic E-state index is 0.259. The Morgan fingerprint density at radius 3 is 2.94 bits per heavy atom. The first-order valence-electron chi connectivity index (χ1n) is 6.39. The first-order chi connectivity index (χ1) is 8.58. The molecule has 1 unspecified atom stereocenters. The van der Waals surface area contributed by atoms with E-state index in [1.165, 1.54) is 0 Å². The largest absolute Gasteiger partial charge is 0.378 e. The van der Waals surface area contributed by atoms with E-state index in [9.17, 15) is 4.79 Å². The van der Waals surface area contributed by atoms with E-state index in [2.05, 4.69) is 21.0 Å². The molecule has 0 aliphatic carbocycles. The van der Waals surface area contributed by atoms with Crippen LogP contribution in [0.5, 0.6) is 0 Å². The predicted octanol–water partition coefficient (Wildman–Crippen LogP) is 2.56. The number of carbonyl (C=O) groups is 1. The third-order valence-corrected chi connectivity index (χ3v) is 4.43. The molecule has 1 aromatic heterocycles. The summed E-state index contributed by atoms with van der Waals surface area (Å²) in [4.78, 5) is 12.0. The Morgan fingerprint density at radius 2 is 2.39 bits per heavy atom. The normalized spacial score (nSPS) is 19.4. The molecule has 1 saturated heterocycles. The fraction of sp³-hybridized carbons (Fsp3) is 0.692. The maximum Gasteiger partial charge on any atom is 0.138 e. The summed E-state index contributed by atoms with van der Waals surface area (Å²) in [5.74, 6) is 0.259. The third kappa shape index (κ3) is 3.20. The number of hydrogen-bond acceptors (Lipinski definition) is 3. The number of aryl methyl sites for hydroxylation is 2. The molecule has 4 nitrogen and oxygen atoms in total. The molecule has 1 atom stereocenters. The van der Waals surface area contributed by atoms with E-state index in [1.807, 2.05) is 14.0 Å². The second-order valence-electron chi connectivity index (χ2n) is 4.86. The van der Waals surface area contributed by atoms with Gasteiger partial charge in [-0.3, -0.25) is 9.48 Å². The van der Waals surface area contributed by atoms with Crippen LogP contribution in [0.15, 0.2) is 4.47 Å². The van der Waals surface area contributed by atoms with Crippen LogP contribution in [0.4, 0.5) is 0 Å². The van der Waals surface area contributed by atoms with Crippen LogP contribution in [-0.4, -0.2) is 28.3 Å². The molecule has 0 bridgehead atoms. The van der Waals surface area contributed by atoms with Crippen LogP contribution in [0.1, 0.15) is 37.1 Å². The van der Waals surface area contributed by atoms with Gasteiger partial charge in [-0.15, -0.1) is 0 Å². The molecule has 100 valence electrons. The Balaban J connectivity index is 1.86. The van der Waals surface area contributed by atoms with E-state index in [1.54, 1.807) is 4.68 Å². The Bertz CT molecular complexity index is 436. The number of aromatic nitrogens is 2. The molecule has 1 fully saturated rings. The van der Waals surface area contributed by atoms with Crippen molar-refractivity contribution in [1.82, 2.24) is 9.78 Å². The number of halogens is 1. The summed E-state index contributed by atoms with van der Waals surface area (Å²) in [7, 11) is 1.88. The molecule has 2 rings (SSSR count). The van der Waals surface area contributed by atoms with E-state index in [-0.39, 0.29) is 5.78 Å². The van der Waals surface area contributed by atoms with Gasteiger partial charge in [-0.2, -0.15) is 5.10 Å². The molecule has 1 aliphatic rings. The smallest absolute Gasteiger partial charge is 0.138 e. The number of hydrogen-bond donors (Lipinski definition) is 0. The highest BCUT2D eigenvalue weighted by Gasteiger charge is 2.18. The number of nitrogens with zero attached hydrogens (tertiary/aromatic N) is 2. The summed E-state index contributed by atoms with van der Waals surface area (Å²) < 4.78 is 8.26. The van der Waals surface area contributed by atoms with Crippen molar-refractivity contribution in [2.45, 2.75) is 45.1 Å². The standard InChI is InChI=1S/C13H19BrN2O2/c1-9-13(14)12(16(2)15-9)8-10(17)5-6-11-4-3-7-18-11/h11H,3-8H2,1-2H3. The minimum atomic E-state index is 0.259. The van der Waals surface area contributed by atoms with Gasteiger partial charge >= 0.3 is 0 Å². The Labute approximate surface area is 116 Å². The van der Waals surface area contributed by atoms with Crippen LogP contribution < -0.4 is 0 Å². The zero-order chi connectivity index (χ0) is 13.1. The van der Waals surface area contributed by atoms with Gasteiger partial charge in [-0.1, -0.05) is 0 Å². The first-order valence-corrected chi connectivity index (χ1v) is 7.18. The quantitative estimate of drug-likeness (QED) is 0.839. The van der Waals surface area contributed by atoms with Gasteiger partial charge in [0.25, 0.3) is 0 Å². The molecule has 0 spiro atoms. The van der Waals surface area contributed by atoms with Crippen molar-refractivity contribution in [2.24, 2.45) is 7.05 Å². The van der Waals surface area contributed by atoms with E-state index in [4.69, 9.17) is 4.74 Å². The van der Waals surface area contributed by atoms with Gasteiger partial charge in [-0.05, 0) is 42.1 Å². The van der Waals surface area contributed by atoms with E-state index < -0.39 is 0 Å². The first kappa shape index (κ1) is 13.7. The van der Waals surface area contributed by atoms with E-state index in [0.717, 1.165) is 41.7 Å². The predicted molar refractivity (Wildman–Crippen MR) is 72.6 cm³/mol. The van der Waals surface area contributed by atoms with Crippen molar-refractivity contribution in [1.29, 1.82) is 0 Å². The summed E-state index contributed by atoms with van der Waals surface area (Å²) in [6.07, 6.45) is 4.43. The van der Waals surface area contributed by atoms with E-state index >= 15 is 0 Å². The van der Waals surface area contributed by atoms with Crippen LogP contribution in [0.25, 0.3) is 0 Å². The molecule has 0 radical (unpaired) electrons. The van der Waals surface area contributed by atoms with Gasteiger partial charge in [0.1, 0.15) is 5.78 Å². The number of ketones is 1. The van der Waals surface area contributed by atoms with Crippen molar-refractivity contribution in [3.05, 3.63) is 15.9 Å². The second kappa shape index (κ2) is 5.97. The van der Waals surface area contributed by atoms with Gasteiger partial charge < -0.3 is 4.74 Å². The van der Waals surface area contributed by atoms with Crippen LogP contribution in [0.2, 0.25) is 0 Å². The van der Waals surface area contributed by atoms with Crippen molar-refractivity contribution < 1.29 is 9.53 Å². The molecule has 1 aromatic rings. The van der Waals surface area contributed by atoms with Crippen molar-refractivity contribution in [2.75, 3.05) is 6.61 Å². The molecule has 0 aromatic carbocycles. The highest BCUT2D eigenvalue weighted by molar-refractivity contribution is 9.10. The SMILES string of the molecule is Cc1nn(C)c(CC(=O)CCC2CCCO2)c1Br. The lowest BCUT2D eigenvalue weighted by Crippen LogP contribution is -2.12. The fourth-order valence-electron chi connectivity index (χ4n) is 2.34. The lowest BCUT2D eigenvalue weighted by atomic mass is 10.1. The minimum Gasteiger partial charge on any atom is -0.378 e. The van der Waals surface area contributed by atoms with Crippen molar-refractivity contribution in [3.63, 3.8) is 0 Å². The zero-order valence-electron chi connectivity index (χ0n) is 10.9. The molecule has 1 aliphatic heterocycles. The average Bonchev–Trinajstić information content (AvgIpc) is 2.92. The molecule has 0 amide bonds. The number of Topliss-reactive ketones (excluding diaryl/α,β-unsaturated/α-hetero) is 1. The summed E-state index contributed by atoms with van der Waals surface area (Å²) in [6, 6.07) is 0. The Hall–Kier alpha value is -0.680. The summed E-state index contributed by atoms with van der Waals surface area (Å²) in [6.45, 7) is 2.79. The van der Waals surface area contributed by atoms with Gasteiger partial charge in [0, 0.05) is 26.5 Å². The number of ether oxygens (including phenoxy) is 1. The summed E-state index contributed by atoms with van der Waals surface area (Å²) >= 11 is 3.49. The topological polar surface area (TPSA) is 44.1 Å².